The molecule has 0 fully saturated rings. The lowest BCUT2D eigenvalue weighted by Gasteiger charge is -2.10. The summed E-state index contributed by atoms with van der Waals surface area (Å²) in [6.45, 7) is 0.995. The predicted molar refractivity (Wildman–Crippen MR) is 66.0 cm³/mol. The predicted octanol–water partition coefficient (Wildman–Crippen LogP) is 2.34. The first-order chi connectivity index (χ1) is 9.03. The van der Waals surface area contributed by atoms with E-state index in [1.807, 2.05) is 4.72 Å². The summed E-state index contributed by atoms with van der Waals surface area (Å²) in [7, 11) is -4.08. The maximum absolute atomic E-state index is 13.4. The number of benzene rings is 1. The molecule has 3 N–H and O–H groups in total. The SMILES string of the molecule is Cc1c(N)cc(S(=O)(=O)NCCCC(F)(F)F)cc1F. The number of nitrogen functional groups attached to an aromatic ring is 1. The van der Waals surface area contributed by atoms with Crippen LogP contribution in [0.1, 0.15) is 18.4 Å². The Balaban J connectivity index is 2.75. The molecular formula is C11H14F4N2O2S. The van der Waals surface area contributed by atoms with Crippen molar-refractivity contribution in [2.45, 2.75) is 30.8 Å². The van der Waals surface area contributed by atoms with Crippen LogP contribution in [0.15, 0.2) is 17.0 Å². The Morgan fingerprint density at radius 3 is 2.40 bits per heavy atom. The molecule has 0 atom stereocenters. The van der Waals surface area contributed by atoms with Crippen molar-refractivity contribution in [2.75, 3.05) is 12.3 Å². The highest BCUT2D eigenvalue weighted by Crippen LogP contribution is 2.22. The van der Waals surface area contributed by atoms with Gasteiger partial charge in [0.25, 0.3) is 0 Å². The van der Waals surface area contributed by atoms with Gasteiger partial charge < -0.3 is 5.73 Å². The molecule has 0 amide bonds. The largest absolute Gasteiger partial charge is 0.398 e. The fourth-order valence-electron chi connectivity index (χ4n) is 1.41. The van der Waals surface area contributed by atoms with E-state index >= 15 is 0 Å². The second kappa shape index (κ2) is 5.96. The zero-order valence-electron chi connectivity index (χ0n) is 10.6. The summed E-state index contributed by atoms with van der Waals surface area (Å²) in [4.78, 5) is -0.412. The first-order valence-corrected chi connectivity index (χ1v) is 7.13. The lowest BCUT2D eigenvalue weighted by Crippen LogP contribution is -2.26. The van der Waals surface area contributed by atoms with Crippen LogP contribution in [0.2, 0.25) is 0 Å². The molecule has 1 aromatic carbocycles. The molecule has 0 saturated heterocycles. The zero-order valence-corrected chi connectivity index (χ0v) is 11.4. The van der Waals surface area contributed by atoms with Crippen molar-refractivity contribution in [1.29, 1.82) is 0 Å². The number of hydrogen-bond acceptors (Lipinski definition) is 3. The van der Waals surface area contributed by atoms with E-state index in [-0.39, 0.29) is 11.3 Å². The molecule has 0 unspecified atom stereocenters. The van der Waals surface area contributed by atoms with Gasteiger partial charge >= 0.3 is 6.18 Å². The molecule has 0 bridgehead atoms. The van der Waals surface area contributed by atoms with Gasteiger partial charge in [-0.05, 0) is 25.5 Å². The van der Waals surface area contributed by atoms with Crippen molar-refractivity contribution in [3.63, 3.8) is 0 Å². The van der Waals surface area contributed by atoms with E-state index in [2.05, 4.69) is 0 Å². The summed E-state index contributed by atoms with van der Waals surface area (Å²) < 4.78 is 74.6. The normalized spacial score (nSPS) is 12.7. The number of hydrogen-bond donors (Lipinski definition) is 2. The number of anilines is 1. The third-order valence-electron chi connectivity index (χ3n) is 2.60. The zero-order chi connectivity index (χ0) is 15.6. The Hall–Kier alpha value is -1.35. The highest BCUT2D eigenvalue weighted by Gasteiger charge is 2.26. The van der Waals surface area contributed by atoms with Crippen LogP contribution in [0.25, 0.3) is 0 Å². The fourth-order valence-corrected chi connectivity index (χ4v) is 2.53. The molecule has 20 heavy (non-hydrogen) atoms. The Labute approximate surface area is 114 Å². The van der Waals surface area contributed by atoms with Crippen molar-refractivity contribution >= 4 is 15.7 Å². The van der Waals surface area contributed by atoms with Gasteiger partial charge in [0.05, 0.1) is 4.90 Å². The summed E-state index contributed by atoms with van der Waals surface area (Å²) >= 11 is 0. The van der Waals surface area contributed by atoms with Gasteiger partial charge in [-0.1, -0.05) is 0 Å². The Kier molecular flexibility index (Phi) is 4.98. The highest BCUT2D eigenvalue weighted by atomic mass is 32.2. The van der Waals surface area contributed by atoms with Gasteiger partial charge in [0, 0.05) is 24.2 Å². The minimum Gasteiger partial charge on any atom is -0.398 e. The van der Waals surface area contributed by atoms with E-state index in [4.69, 9.17) is 5.73 Å². The highest BCUT2D eigenvalue weighted by molar-refractivity contribution is 7.89. The van der Waals surface area contributed by atoms with Gasteiger partial charge in [-0.3, -0.25) is 0 Å². The molecule has 114 valence electrons. The molecule has 1 aromatic rings. The second-order valence-electron chi connectivity index (χ2n) is 4.24. The summed E-state index contributed by atoms with van der Waals surface area (Å²) in [6, 6.07) is 1.84. The van der Waals surface area contributed by atoms with E-state index in [1.165, 1.54) is 6.92 Å². The quantitative estimate of drug-likeness (QED) is 0.498. The number of nitrogens with two attached hydrogens (primary N) is 1. The van der Waals surface area contributed by atoms with Crippen molar-refractivity contribution in [3.8, 4) is 0 Å². The lowest BCUT2D eigenvalue weighted by atomic mass is 10.2. The summed E-state index contributed by atoms with van der Waals surface area (Å²) in [5.74, 6) is -0.791. The third kappa shape index (κ3) is 4.64. The van der Waals surface area contributed by atoms with Crippen LogP contribution in [0.5, 0.6) is 0 Å². The first kappa shape index (κ1) is 16.7. The van der Waals surface area contributed by atoms with Gasteiger partial charge in [0.1, 0.15) is 5.82 Å². The molecule has 0 aromatic heterocycles. The van der Waals surface area contributed by atoms with Crippen LogP contribution < -0.4 is 10.5 Å². The van der Waals surface area contributed by atoms with Crippen LogP contribution in [-0.2, 0) is 10.0 Å². The maximum atomic E-state index is 13.4. The van der Waals surface area contributed by atoms with Gasteiger partial charge in [0.15, 0.2) is 0 Å². The lowest BCUT2D eigenvalue weighted by molar-refractivity contribution is -0.135. The number of halogens is 4. The van der Waals surface area contributed by atoms with E-state index in [0.717, 1.165) is 12.1 Å². The van der Waals surface area contributed by atoms with E-state index < -0.39 is 46.3 Å². The number of alkyl halides is 3. The minimum absolute atomic E-state index is 0.0410. The number of rotatable bonds is 5. The standard InChI is InChI=1S/C11H14F4N2O2S/c1-7-9(12)5-8(6-10(7)16)20(18,19)17-4-2-3-11(13,14)15/h5-6,17H,2-4,16H2,1H3. The fraction of sp³-hybridized carbons (Fsp3) is 0.455. The van der Waals surface area contributed by atoms with Crippen LogP contribution in [0, 0.1) is 12.7 Å². The summed E-state index contributed by atoms with van der Waals surface area (Å²) in [5.41, 5.74) is 5.52. The summed E-state index contributed by atoms with van der Waals surface area (Å²) in [5, 5.41) is 0. The monoisotopic (exact) mass is 314 g/mol. The average Bonchev–Trinajstić information content (AvgIpc) is 2.30. The first-order valence-electron chi connectivity index (χ1n) is 5.65. The summed E-state index contributed by atoms with van der Waals surface area (Å²) in [6.07, 6.45) is -5.84. The Morgan fingerprint density at radius 1 is 1.30 bits per heavy atom. The number of nitrogens with one attached hydrogen (secondary N) is 1. The van der Waals surface area contributed by atoms with Crippen molar-refractivity contribution in [1.82, 2.24) is 4.72 Å². The molecule has 0 heterocycles. The Morgan fingerprint density at radius 2 is 1.90 bits per heavy atom. The van der Waals surface area contributed by atoms with Gasteiger partial charge in [-0.2, -0.15) is 13.2 Å². The van der Waals surface area contributed by atoms with E-state index in [1.54, 1.807) is 0 Å². The molecule has 0 saturated carbocycles. The molecule has 1 rings (SSSR count). The van der Waals surface area contributed by atoms with Gasteiger partial charge in [0.2, 0.25) is 10.0 Å². The van der Waals surface area contributed by atoms with E-state index in [9.17, 15) is 26.0 Å². The average molecular weight is 314 g/mol. The van der Waals surface area contributed by atoms with Crippen molar-refractivity contribution in [3.05, 3.63) is 23.5 Å². The molecule has 9 heteroatoms. The minimum atomic E-state index is -4.34. The second-order valence-corrected chi connectivity index (χ2v) is 6.00. The van der Waals surface area contributed by atoms with Crippen LogP contribution in [0.3, 0.4) is 0 Å². The van der Waals surface area contributed by atoms with Crippen molar-refractivity contribution in [2.24, 2.45) is 0 Å². The smallest absolute Gasteiger partial charge is 0.389 e. The Bertz CT molecular complexity index is 562. The molecule has 0 radical (unpaired) electrons. The molecule has 0 spiro atoms. The molecular weight excluding hydrogens is 300 g/mol. The van der Waals surface area contributed by atoms with Crippen molar-refractivity contribution < 1.29 is 26.0 Å². The molecule has 0 aliphatic heterocycles. The van der Waals surface area contributed by atoms with Crippen LogP contribution in [-0.4, -0.2) is 21.1 Å². The third-order valence-corrected chi connectivity index (χ3v) is 4.04. The van der Waals surface area contributed by atoms with Gasteiger partial charge in [-0.15, -0.1) is 0 Å². The molecule has 4 nitrogen and oxygen atoms in total. The van der Waals surface area contributed by atoms with Crippen LogP contribution in [0.4, 0.5) is 23.2 Å². The van der Waals surface area contributed by atoms with E-state index in [0.29, 0.717) is 0 Å². The van der Waals surface area contributed by atoms with Gasteiger partial charge in [-0.25, -0.2) is 17.5 Å². The van der Waals surface area contributed by atoms with Crippen LogP contribution >= 0.6 is 0 Å². The maximum Gasteiger partial charge on any atom is 0.389 e. The molecule has 0 aliphatic carbocycles. The molecule has 0 aliphatic rings. The number of sulfonamides is 1. The topological polar surface area (TPSA) is 72.2 Å².